The maximum atomic E-state index is 13.0. The van der Waals surface area contributed by atoms with Crippen LogP contribution in [0.1, 0.15) is 49.0 Å². The number of pyridine rings is 1. The van der Waals surface area contributed by atoms with Gasteiger partial charge in [-0.05, 0) is 25.8 Å². The van der Waals surface area contributed by atoms with Crippen LogP contribution in [0.25, 0.3) is 11.2 Å². The molecule has 9 heteroatoms. The van der Waals surface area contributed by atoms with Crippen molar-refractivity contribution in [3.8, 4) is 0 Å². The second kappa shape index (κ2) is 7.81. The first kappa shape index (κ1) is 19.4. The van der Waals surface area contributed by atoms with Crippen LogP contribution in [0.3, 0.4) is 0 Å². The van der Waals surface area contributed by atoms with Gasteiger partial charge in [0.1, 0.15) is 18.1 Å². The van der Waals surface area contributed by atoms with E-state index in [1.54, 1.807) is 25.5 Å². The standard InChI is InChI=1S/C20H25N5O4/c1-13-19(27)23(11-17(26)29-2)7-8-24(13)20(28)14-9-16-18(21-10-14)25(12-22-16)15-5-3-4-6-15/h9-10,12-13,15H,3-8,11H2,1-2H3. The van der Waals surface area contributed by atoms with Gasteiger partial charge in [-0.2, -0.15) is 0 Å². The fourth-order valence-corrected chi connectivity index (χ4v) is 4.24. The molecule has 2 aromatic rings. The third-order valence-electron chi connectivity index (χ3n) is 5.93. The zero-order chi connectivity index (χ0) is 20.5. The lowest BCUT2D eigenvalue weighted by molar-refractivity contribution is -0.150. The summed E-state index contributed by atoms with van der Waals surface area (Å²) in [4.78, 5) is 49.0. The molecule has 1 aliphatic heterocycles. The smallest absolute Gasteiger partial charge is 0.325 e. The van der Waals surface area contributed by atoms with Crippen molar-refractivity contribution in [3.05, 3.63) is 24.2 Å². The van der Waals surface area contributed by atoms with Gasteiger partial charge in [-0.25, -0.2) is 9.97 Å². The molecule has 3 heterocycles. The van der Waals surface area contributed by atoms with Crippen LogP contribution in [0, 0.1) is 0 Å². The summed E-state index contributed by atoms with van der Waals surface area (Å²) in [6.07, 6.45) is 8.06. The van der Waals surface area contributed by atoms with Crippen molar-refractivity contribution in [2.75, 3.05) is 26.7 Å². The van der Waals surface area contributed by atoms with Gasteiger partial charge in [-0.15, -0.1) is 0 Å². The van der Waals surface area contributed by atoms with Gasteiger partial charge in [0.2, 0.25) is 5.91 Å². The molecule has 1 atom stereocenters. The van der Waals surface area contributed by atoms with E-state index in [4.69, 9.17) is 0 Å². The minimum Gasteiger partial charge on any atom is -0.468 e. The van der Waals surface area contributed by atoms with E-state index in [0.717, 1.165) is 18.5 Å². The molecular weight excluding hydrogens is 374 g/mol. The lowest BCUT2D eigenvalue weighted by atomic mass is 10.1. The van der Waals surface area contributed by atoms with Gasteiger partial charge in [-0.1, -0.05) is 12.8 Å². The Morgan fingerprint density at radius 2 is 1.97 bits per heavy atom. The van der Waals surface area contributed by atoms with Crippen LogP contribution < -0.4 is 0 Å². The summed E-state index contributed by atoms with van der Waals surface area (Å²) in [5, 5.41) is 0. The molecule has 0 aromatic carbocycles. The number of aromatic nitrogens is 3. The van der Waals surface area contributed by atoms with Crippen LogP contribution in [0.15, 0.2) is 18.6 Å². The first-order valence-corrected chi connectivity index (χ1v) is 9.98. The summed E-state index contributed by atoms with van der Waals surface area (Å²) in [5.41, 5.74) is 1.89. The predicted octanol–water partition coefficient (Wildman–Crippen LogP) is 1.39. The lowest BCUT2D eigenvalue weighted by Crippen LogP contribution is -2.58. The van der Waals surface area contributed by atoms with Crippen molar-refractivity contribution < 1.29 is 19.1 Å². The SMILES string of the molecule is COC(=O)CN1CCN(C(=O)c2cnc3c(c2)ncn3C2CCCC2)C(C)C1=O. The van der Waals surface area contributed by atoms with Gasteiger partial charge >= 0.3 is 5.97 Å². The largest absolute Gasteiger partial charge is 0.468 e. The van der Waals surface area contributed by atoms with E-state index >= 15 is 0 Å². The zero-order valence-corrected chi connectivity index (χ0v) is 16.7. The Morgan fingerprint density at radius 1 is 1.21 bits per heavy atom. The molecule has 1 saturated carbocycles. The average molecular weight is 399 g/mol. The molecule has 2 amide bonds. The summed E-state index contributed by atoms with van der Waals surface area (Å²) in [6.45, 7) is 2.20. The second-order valence-corrected chi connectivity index (χ2v) is 7.67. The highest BCUT2D eigenvalue weighted by atomic mass is 16.5. The number of carbonyl (C=O) groups excluding carboxylic acids is 3. The number of amides is 2. The number of imidazole rings is 1. The van der Waals surface area contributed by atoms with Gasteiger partial charge in [0.15, 0.2) is 5.65 Å². The van der Waals surface area contributed by atoms with Crippen molar-refractivity contribution in [2.45, 2.75) is 44.7 Å². The Labute approximate surface area is 168 Å². The Morgan fingerprint density at radius 3 is 2.69 bits per heavy atom. The number of fused-ring (bicyclic) bond motifs is 1. The number of nitrogens with zero attached hydrogens (tertiary/aromatic N) is 5. The van der Waals surface area contributed by atoms with Crippen LogP contribution in [0.2, 0.25) is 0 Å². The molecule has 2 aromatic heterocycles. The third-order valence-corrected chi connectivity index (χ3v) is 5.93. The van der Waals surface area contributed by atoms with Gasteiger partial charge < -0.3 is 19.1 Å². The normalized spacial score (nSPS) is 20.5. The molecule has 1 saturated heterocycles. The molecule has 1 aliphatic carbocycles. The number of carbonyl (C=O) groups is 3. The van der Waals surface area contributed by atoms with E-state index in [9.17, 15) is 14.4 Å². The van der Waals surface area contributed by atoms with Crippen molar-refractivity contribution >= 4 is 28.9 Å². The van der Waals surface area contributed by atoms with Crippen LogP contribution in [-0.2, 0) is 14.3 Å². The van der Waals surface area contributed by atoms with Crippen molar-refractivity contribution in [3.63, 3.8) is 0 Å². The zero-order valence-electron chi connectivity index (χ0n) is 16.7. The number of hydrogen-bond donors (Lipinski definition) is 0. The topological polar surface area (TPSA) is 97.6 Å². The van der Waals surface area contributed by atoms with Gasteiger partial charge in [0.25, 0.3) is 5.91 Å². The average Bonchev–Trinajstić information content (AvgIpc) is 3.39. The minimum atomic E-state index is -0.660. The summed E-state index contributed by atoms with van der Waals surface area (Å²) < 4.78 is 6.73. The molecule has 0 N–H and O–H groups in total. The summed E-state index contributed by atoms with van der Waals surface area (Å²) in [7, 11) is 1.28. The summed E-state index contributed by atoms with van der Waals surface area (Å²) >= 11 is 0. The number of hydrogen-bond acceptors (Lipinski definition) is 6. The Hall–Kier alpha value is -2.97. The van der Waals surface area contributed by atoms with E-state index in [-0.39, 0.29) is 24.9 Å². The lowest BCUT2D eigenvalue weighted by Gasteiger charge is -2.38. The highest BCUT2D eigenvalue weighted by molar-refractivity contribution is 5.99. The van der Waals surface area contributed by atoms with E-state index in [1.807, 2.05) is 0 Å². The number of ether oxygens (including phenoxy) is 1. The minimum absolute atomic E-state index is 0.103. The Balaban J connectivity index is 1.51. The second-order valence-electron chi connectivity index (χ2n) is 7.67. The van der Waals surface area contributed by atoms with Crippen LogP contribution in [-0.4, -0.2) is 74.9 Å². The highest BCUT2D eigenvalue weighted by Crippen LogP contribution is 2.31. The van der Waals surface area contributed by atoms with Crippen LogP contribution in [0.5, 0.6) is 0 Å². The molecular formula is C20H25N5O4. The van der Waals surface area contributed by atoms with Gasteiger partial charge in [0.05, 0.1) is 19.0 Å². The molecule has 29 heavy (non-hydrogen) atoms. The van der Waals surface area contributed by atoms with Gasteiger partial charge in [-0.3, -0.25) is 14.4 Å². The molecule has 0 radical (unpaired) electrons. The fourth-order valence-electron chi connectivity index (χ4n) is 4.24. The van der Waals surface area contributed by atoms with E-state index in [0.29, 0.717) is 23.7 Å². The monoisotopic (exact) mass is 399 g/mol. The molecule has 0 spiro atoms. The molecule has 1 unspecified atom stereocenters. The molecule has 0 bridgehead atoms. The predicted molar refractivity (Wildman–Crippen MR) is 104 cm³/mol. The van der Waals surface area contributed by atoms with Crippen molar-refractivity contribution in [1.82, 2.24) is 24.3 Å². The van der Waals surface area contributed by atoms with Gasteiger partial charge in [0, 0.05) is 25.3 Å². The first-order chi connectivity index (χ1) is 14.0. The number of esters is 1. The van der Waals surface area contributed by atoms with Crippen LogP contribution in [0.4, 0.5) is 0 Å². The quantitative estimate of drug-likeness (QED) is 0.721. The molecule has 2 fully saturated rings. The molecule has 2 aliphatic rings. The Bertz CT molecular complexity index is 949. The maximum Gasteiger partial charge on any atom is 0.325 e. The number of rotatable bonds is 4. The first-order valence-electron chi connectivity index (χ1n) is 9.98. The van der Waals surface area contributed by atoms with Crippen molar-refractivity contribution in [2.24, 2.45) is 0 Å². The van der Waals surface area contributed by atoms with Crippen LogP contribution >= 0.6 is 0 Å². The third kappa shape index (κ3) is 3.56. The molecule has 9 nitrogen and oxygen atoms in total. The fraction of sp³-hybridized carbons (Fsp3) is 0.550. The summed E-state index contributed by atoms with van der Waals surface area (Å²) in [6, 6.07) is 1.51. The maximum absolute atomic E-state index is 13.0. The number of piperazine rings is 1. The highest BCUT2D eigenvalue weighted by Gasteiger charge is 2.35. The number of methoxy groups -OCH3 is 1. The molecule has 4 rings (SSSR count). The van der Waals surface area contributed by atoms with E-state index in [1.165, 1.54) is 29.8 Å². The van der Waals surface area contributed by atoms with E-state index in [2.05, 4.69) is 19.3 Å². The Kier molecular flexibility index (Phi) is 5.21. The van der Waals surface area contributed by atoms with Crippen molar-refractivity contribution in [1.29, 1.82) is 0 Å². The molecule has 154 valence electrons. The van der Waals surface area contributed by atoms with E-state index < -0.39 is 12.0 Å². The summed E-state index contributed by atoms with van der Waals surface area (Å²) in [5.74, 6) is -0.999.